The van der Waals surface area contributed by atoms with E-state index in [-0.39, 0.29) is 18.7 Å². The summed E-state index contributed by atoms with van der Waals surface area (Å²) < 4.78 is 80.3. The number of urea groups is 1. The Kier molecular flexibility index (Phi) is 6.37. The van der Waals surface area contributed by atoms with Crippen molar-refractivity contribution in [3.63, 3.8) is 0 Å². The van der Waals surface area contributed by atoms with Crippen molar-refractivity contribution in [3.8, 4) is 0 Å². The Balaban J connectivity index is 1.59. The van der Waals surface area contributed by atoms with Crippen LogP contribution >= 0.6 is 11.3 Å². The summed E-state index contributed by atoms with van der Waals surface area (Å²) in [4.78, 5) is 15.2. The third-order valence-corrected chi connectivity index (χ3v) is 5.56. The van der Waals surface area contributed by atoms with Crippen molar-refractivity contribution >= 4 is 17.4 Å². The third-order valence-electron chi connectivity index (χ3n) is 4.54. The number of nitrogens with zero attached hydrogens (tertiary/aromatic N) is 1. The maximum Gasteiger partial charge on any atom is 0.413 e. The first-order valence-corrected chi connectivity index (χ1v) is 9.56. The van der Waals surface area contributed by atoms with Gasteiger partial charge in [0.2, 0.25) is 0 Å². The summed E-state index contributed by atoms with van der Waals surface area (Å²) in [6.45, 7) is 1.89. The molecule has 11 heteroatoms. The van der Waals surface area contributed by atoms with Gasteiger partial charge in [0, 0.05) is 43.2 Å². The van der Waals surface area contributed by atoms with Gasteiger partial charge < -0.3 is 10.6 Å². The number of carbonyl (C=O) groups is 1. The molecule has 0 spiro atoms. The van der Waals surface area contributed by atoms with Gasteiger partial charge >= 0.3 is 12.2 Å². The first-order valence-electron chi connectivity index (χ1n) is 8.68. The molecule has 0 radical (unpaired) electrons. The second kappa shape index (κ2) is 8.62. The predicted molar refractivity (Wildman–Crippen MR) is 94.9 cm³/mol. The number of benzene rings is 1. The van der Waals surface area contributed by atoms with E-state index in [9.17, 15) is 31.1 Å². The lowest BCUT2D eigenvalue weighted by Gasteiger charge is -2.27. The summed E-state index contributed by atoms with van der Waals surface area (Å²) in [5, 5.41) is 5.78. The van der Waals surface area contributed by atoms with E-state index in [0.717, 1.165) is 13.0 Å². The highest BCUT2D eigenvalue weighted by Gasteiger charge is 2.45. The van der Waals surface area contributed by atoms with Gasteiger partial charge in [0.05, 0.1) is 5.56 Å². The van der Waals surface area contributed by atoms with Gasteiger partial charge in [-0.15, -0.1) is 11.3 Å². The van der Waals surface area contributed by atoms with Gasteiger partial charge in [0.15, 0.2) is 6.04 Å². The zero-order valence-electron chi connectivity index (χ0n) is 15.0. The van der Waals surface area contributed by atoms with Crippen molar-refractivity contribution in [2.75, 3.05) is 19.6 Å². The molecule has 1 aromatic carbocycles. The molecule has 1 aliphatic heterocycles. The van der Waals surface area contributed by atoms with E-state index < -0.39 is 41.3 Å². The van der Waals surface area contributed by atoms with Gasteiger partial charge in [-0.05, 0) is 23.4 Å². The first-order chi connectivity index (χ1) is 13.6. The summed E-state index contributed by atoms with van der Waals surface area (Å²) in [7, 11) is 0. The largest absolute Gasteiger partial charge is 0.413 e. The topological polar surface area (TPSA) is 44.4 Å². The Bertz CT molecular complexity index is 862. The number of alkyl halides is 3. The summed E-state index contributed by atoms with van der Waals surface area (Å²) in [5.41, 5.74) is -0.278. The molecule has 2 N–H and O–H groups in total. The number of amides is 2. The molecule has 1 atom stereocenters. The summed E-state index contributed by atoms with van der Waals surface area (Å²) >= 11 is 1.67. The lowest BCUT2D eigenvalue weighted by Crippen LogP contribution is -2.46. The minimum atomic E-state index is -5.18. The maximum atomic E-state index is 13.8. The zero-order chi connectivity index (χ0) is 21.2. The number of nitrogens with one attached hydrogen (secondary N) is 2. The van der Waals surface area contributed by atoms with Crippen molar-refractivity contribution < 1.29 is 31.1 Å². The number of thiophene rings is 1. The SMILES string of the molecule is O=C(NCCN1CCc2sccc2C1)NC(c1c(F)cc(F)cc1F)C(F)(F)F. The second-order valence-corrected chi connectivity index (χ2v) is 7.55. The fraction of sp³-hybridized carbons (Fsp3) is 0.389. The fourth-order valence-corrected chi connectivity index (χ4v) is 4.04. The van der Waals surface area contributed by atoms with Crippen LogP contribution in [-0.4, -0.2) is 36.7 Å². The van der Waals surface area contributed by atoms with E-state index in [2.05, 4.69) is 5.32 Å². The molecule has 1 aliphatic rings. The van der Waals surface area contributed by atoms with E-state index >= 15 is 0 Å². The smallest absolute Gasteiger partial charge is 0.337 e. The van der Waals surface area contributed by atoms with E-state index in [1.54, 1.807) is 11.3 Å². The number of carbonyl (C=O) groups excluding carboxylic acids is 1. The van der Waals surface area contributed by atoms with Gasteiger partial charge in [0.25, 0.3) is 0 Å². The first kappa shape index (κ1) is 21.4. The number of hydrogen-bond donors (Lipinski definition) is 2. The van der Waals surface area contributed by atoms with Crippen LogP contribution in [-0.2, 0) is 13.0 Å². The van der Waals surface area contributed by atoms with Crippen LogP contribution in [0.1, 0.15) is 22.0 Å². The van der Waals surface area contributed by atoms with E-state index in [4.69, 9.17) is 0 Å². The minimum Gasteiger partial charge on any atom is -0.337 e. The van der Waals surface area contributed by atoms with Gasteiger partial charge in [-0.3, -0.25) is 4.90 Å². The van der Waals surface area contributed by atoms with Crippen LogP contribution < -0.4 is 10.6 Å². The fourth-order valence-electron chi connectivity index (χ4n) is 3.15. The van der Waals surface area contributed by atoms with E-state index in [1.807, 2.05) is 16.3 Å². The number of fused-ring (bicyclic) bond motifs is 1. The van der Waals surface area contributed by atoms with Crippen LogP contribution in [0.3, 0.4) is 0 Å². The molecule has 29 heavy (non-hydrogen) atoms. The summed E-state index contributed by atoms with van der Waals surface area (Å²) in [6.07, 6.45) is -4.32. The van der Waals surface area contributed by atoms with Gasteiger partial charge in [-0.2, -0.15) is 13.2 Å². The van der Waals surface area contributed by atoms with Crippen molar-refractivity contribution in [2.24, 2.45) is 0 Å². The van der Waals surface area contributed by atoms with Crippen molar-refractivity contribution in [1.29, 1.82) is 0 Å². The zero-order valence-corrected chi connectivity index (χ0v) is 15.8. The number of rotatable bonds is 5. The van der Waals surface area contributed by atoms with Crippen LogP contribution in [0.15, 0.2) is 23.6 Å². The van der Waals surface area contributed by atoms with Gasteiger partial charge in [-0.1, -0.05) is 0 Å². The quantitative estimate of drug-likeness (QED) is 0.692. The standard InChI is InChI=1S/C18H17F6N3OS/c19-11-7-12(20)15(13(21)8-11)16(18(22,23)24)26-17(28)25-3-5-27-4-1-14-10(9-27)2-6-29-14/h2,6-8,16H,1,3-5,9H2,(H2,25,26,28). The van der Waals surface area contributed by atoms with Crippen LogP contribution in [0.4, 0.5) is 31.1 Å². The van der Waals surface area contributed by atoms with Crippen molar-refractivity contribution in [1.82, 2.24) is 15.5 Å². The average Bonchev–Trinajstić information content (AvgIpc) is 3.07. The van der Waals surface area contributed by atoms with Crippen molar-refractivity contribution in [3.05, 3.63) is 57.0 Å². The summed E-state index contributed by atoms with van der Waals surface area (Å²) in [6, 6.07) is -1.92. The molecule has 1 unspecified atom stereocenters. The predicted octanol–water partition coefficient (Wildman–Crippen LogP) is 4.13. The maximum absolute atomic E-state index is 13.8. The third kappa shape index (κ3) is 5.21. The lowest BCUT2D eigenvalue weighted by atomic mass is 10.0. The monoisotopic (exact) mass is 437 g/mol. The molecule has 3 rings (SSSR count). The van der Waals surface area contributed by atoms with Crippen LogP contribution in [0.2, 0.25) is 0 Å². The van der Waals surface area contributed by atoms with Crippen LogP contribution in [0.25, 0.3) is 0 Å². The molecule has 2 heterocycles. The molecule has 0 fully saturated rings. The van der Waals surface area contributed by atoms with Crippen LogP contribution in [0, 0.1) is 17.5 Å². The Morgan fingerprint density at radius 1 is 1.21 bits per heavy atom. The molecule has 1 aromatic heterocycles. The van der Waals surface area contributed by atoms with Gasteiger partial charge in [-0.25, -0.2) is 18.0 Å². The van der Waals surface area contributed by atoms with Crippen molar-refractivity contribution in [2.45, 2.75) is 25.2 Å². The van der Waals surface area contributed by atoms with Crippen LogP contribution in [0.5, 0.6) is 0 Å². The van der Waals surface area contributed by atoms with E-state index in [0.29, 0.717) is 13.1 Å². The normalized spacial score (nSPS) is 15.7. The Labute approximate surface area is 166 Å². The molecule has 4 nitrogen and oxygen atoms in total. The highest BCUT2D eigenvalue weighted by Crippen LogP contribution is 2.35. The number of hydrogen-bond acceptors (Lipinski definition) is 3. The molecule has 0 saturated heterocycles. The van der Waals surface area contributed by atoms with Gasteiger partial charge in [0.1, 0.15) is 17.5 Å². The molecule has 2 aromatic rings. The Morgan fingerprint density at radius 2 is 1.90 bits per heavy atom. The summed E-state index contributed by atoms with van der Waals surface area (Å²) in [5.74, 6) is -4.82. The lowest BCUT2D eigenvalue weighted by molar-refractivity contribution is -0.156. The molecule has 0 saturated carbocycles. The molecule has 0 bridgehead atoms. The Morgan fingerprint density at radius 3 is 2.55 bits per heavy atom. The molecule has 2 amide bonds. The average molecular weight is 437 g/mol. The van der Waals surface area contributed by atoms with E-state index in [1.165, 1.54) is 15.8 Å². The second-order valence-electron chi connectivity index (χ2n) is 6.55. The highest BCUT2D eigenvalue weighted by molar-refractivity contribution is 7.10. The Hall–Kier alpha value is -2.27. The molecular weight excluding hydrogens is 420 g/mol. The highest BCUT2D eigenvalue weighted by atomic mass is 32.1. The molecule has 158 valence electrons. The molecule has 0 aliphatic carbocycles. The molecular formula is C18H17F6N3OS. The minimum absolute atomic E-state index is 0.0459. The number of halogens is 6.